The Morgan fingerprint density at radius 1 is 1.47 bits per heavy atom. The summed E-state index contributed by atoms with van der Waals surface area (Å²) in [6.07, 6.45) is 1.27. The summed E-state index contributed by atoms with van der Waals surface area (Å²) >= 11 is -0.202. The molecular weight excluding hydrogens is 285 g/mol. The molecule has 17 heavy (non-hydrogen) atoms. The number of carbonyl (C=O) groups is 1. The van der Waals surface area contributed by atoms with Crippen molar-refractivity contribution in [2.24, 2.45) is 0 Å². The zero-order chi connectivity index (χ0) is 12.4. The van der Waals surface area contributed by atoms with Gasteiger partial charge >= 0.3 is 104 Å². The van der Waals surface area contributed by atoms with E-state index in [4.69, 9.17) is 0 Å². The van der Waals surface area contributed by atoms with Crippen molar-refractivity contribution >= 4 is 30.3 Å². The Labute approximate surface area is 104 Å². The topological polar surface area (TPSA) is 59.3 Å². The molecule has 2 aromatic rings. The molecule has 0 radical (unpaired) electrons. The van der Waals surface area contributed by atoms with Crippen LogP contribution in [0.25, 0.3) is 9.65 Å². The standard InChI is InChI=1S/C12H13NO3Se/c1-2-5-9(12(15)16)13-11(14)8-6-3-4-7-10(8)17-13/h3-4,6-7,9H,2,5H2,1H3,(H,15,16). The van der Waals surface area contributed by atoms with Gasteiger partial charge in [-0.3, -0.25) is 0 Å². The first kappa shape index (κ1) is 12.1. The van der Waals surface area contributed by atoms with Gasteiger partial charge in [0.2, 0.25) is 0 Å². The Hall–Kier alpha value is -1.32. The van der Waals surface area contributed by atoms with Gasteiger partial charge in [-0.15, -0.1) is 0 Å². The molecule has 1 atom stereocenters. The summed E-state index contributed by atoms with van der Waals surface area (Å²) in [7, 11) is 0. The third-order valence-electron chi connectivity index (χ3n) is 2.64. The SMILES string of the molecule is CCCC(C(=O)O)n1[se]c2ccccc2c1=O. The molecule has 2 rings (SSSR count). The monoisotopic (exact) mass is 299 g/mol. The molecule has 0 amide bonds. The molecule has 0 aliphatic carbocycles. The molecule has 4 nitrogen and oxygen atoms in total. The molecule has 0 saturated heterocycles. The molecule has 1 heterocycles. The van der Waals surface area contributed by atoms with Crippen molar-refractivity contribution in [1.29, 1.82) is 0 Å². The van der Waals surface area contributed by atoms with Crippen LogP contribution in [0.5, 0.6) is 0 Å². The van der Waals surface area contributed by atoms with E-state index in [9.17, 15) is 14.7 Å². The fraction of sp³-hybridized carbons (Fsp3) is 0.333. The molecule has 0 saturated carbocycles. The number of carboxylic acid groups (broad SMARTS) is 1. The van der Waals surface area contributed by atoms with Gasteiger partial charge in [0.05, 0.1) is 0 Å². The Balaban J connectivity index is 2.57. The van der Waals surface area contributed by atoms with Crippen LogP contribution in [0, 0.1) is 0 Å². The second kappa shape index (κ2) is 4.90. The van der Waals surface area contributed by atoms with Crippen molar-refractivity contribution in [2.75, 3.05) is 0 Å². The van der Waals surface area contributed by atoms with E-state index in [2.05, 4.69) is 0 Å². The normalized spacial score (nSPS) is 12.8. The Bertz CT molecular complexity index is 599. The van der Waals surface area contributed by atoms with Crippen LogP contribution in [0.15, 0.2) is 29.1 Å². The van der Waals surface area contributed by atoms with Crippen molar-refractivity contribution in [1.82, 2.24) is 3.56 Å². The molecule has 0 bridgehead atoms. The van der Waals surface area contributed by atoms with Gasteiger partial charge in [-0.25, -0.2) is 0 Å². The summed E-state index contributed by atoms with van der Waals surface area (Å²) in [5.74, 6) is -0.908. The van der Waals surface area contributed by atoms with Crippen molar-refractivity contribution < 1.29 is 9.90 Å². The van der Waals surface area contributed by atoms with E-state index in [1.807, 2.05) is 25.1 Å². The number of carboxylic acids is 1. The second-order valence-electron chi connectivity index (χ2n) is 3.86. The summed E-state index contributed by atoms with van der Waals surface area (Å²) in [5.41, 5.74) is -0.138. The van der Waals surface area contributed by atoms with Crippen LogP contribution in [0.2, 0.25) is 0 Å². The number of hydrogen-bond donors (Lipinski definition) is 1. The first-order valence-corrected chi connectivity index (χ1v) is 7.10. The van der Waals surface area contributed by atoms with E-state index < -0.39 is 12.0 Å². The molecule has 1 aromatic heterocycles. The number of nitrogens with zero attached hydrogens (tertiary/aromatic N) is 1. The number of rotatable bonds is 4. The van der Waals surface area contributed by atoms with Crippen molar-refractivity contribution in [3.8, 4) is 0 Å². The summed E-state index contributed by atoms with van der Waals surface area (Å²) < 4.78 is 2.50. The number of fused-ring (bicyclic) bond motifs is 1. The minimum absolute atomic E-state index is 0.138. The molecule has 90 valence electrons. The molecule has 0 spiro atoms. The fourth-order valence-corrected chi connectivity index (χ4v) is 4.14. The third kappa shape index (κ3) is 2.21. The first-order chi connectivity index (χ1) is 8.15. The molecule has 0 aliphatic heterocycles. The molecule has 0 aliphatic rings. The number of aliphatic carboxylic acids is 1. The average molecular weight is 298 g/mol. The summed E-state index contributed by atoms with van der Waals surface area (Å²) in [5, 5.41) is 9.84. The zero-order valence-corrected chi connectivity index (χ0v) is 11.1. The van der Waals surface area contributed by atoms with Crippen LogP contribution in [0.1, 0.15) is 25.8 Å². The van der Waals surface area contributed by atoms with Gasteiger partial charge in [0, 0.05) is 0 Å². The predicted octanol–water partition coefficient (Wildman–Crippen LogP) is 1.48. The zero-order valence-electron chi connectivity index (χ0n) is 9.42. The van der Waals surface area contributed by atoms with Crippen LogP contribution in [0.3, 0.4) is 0 Å². The van der Waals surface area contributed by atoms with E-state index >= 15 is 0 Å². The van der Waals surface area contributed by atoms with Crippen molar-refractivity contribution in [3.63, 3.8) is 0 Å². The summed E-state index contributed by atoms with van der Waals surface area (Å²) in [6, 6.07) is 6.68. The van der Waals surface area contributed by atoms with Crippen LogP contribution < -0.4 is 5.56 Å². The Morgan fingerprint density at radius 2 is 2.18 bits per heavy atom. The van der Waals surface area contributed by atoms with Crippen LogP contribution >= 0.6 is 0 Å². The molecular formula is C12H13NO3Se. The minimum atomic E-state index is -0.908. The quantitative estimate of drug-likeness (QED) is 0.870. The Morgan fingerprint density at radius 3 is 2.76 bits per heavy atom. The maximum atomic E-state index is 12.1. The molecule has 1 N–H and O–H groups in total. The fourth-order valence-electron chi connectivity index (χ4n) is 1.81. The van der Waals surface area contributed by atoms with E-state index in [1.54, 1.807) is 6.07 Å². The van der Waals surface area contributed by atoms with Crippen LogP contribution in [-0.4, -0.2) is 29.4 Å². The van der Waals surface area contributed by atoms with Gasteiger partial charge in [-0.05, 0) is 0 Å². The molecule has 1 unspecified atom stereocenters. The molecule has 5 heteroatoms. The van der Waals surface area contributed by atoms with Crippen LogP contribution in [-0.2, 0) is 4.79 Å². The second-order valence-corrected chi connectivity index (χ2v) is 5.99. The van der Waals surface area contributed by atoms with E-state index in [0.717, 1.165) is 10.7 Å². The molecule has 1 aromatic carbocycles. The molecule has 0 fully saturated rings. The van der Waals surface area contributed by atoms with E-state index in [-0.39, 0.29) is 20.3 Å². The first-order valence-electron chi connectivity index (χ1n) is 5.48. The van der Waals surface area contributed by atoms with E-state index in [0.29, 0.717) is 11.8 Å². The number of benzene rings is 1. The van der Waals surface area contributed by atoms with E-state index in [1.165, 1.54) is 3.56 Å². The van der Waals surface area contributed by atoms with Gasteiger partial charge in [0.15, 0.2) is 0 Å². The van der Waals surface area contributed by atoms with Crippen molar-refractivity contribution in [2.45, 2.75) is 25.8 Å². The summed E-state index contributed by atoms with van der Waals surface area (Å²) in [6.45, 7) is 1.93. The van der Waals surface area contributed by atoms with Gasteiger partial charge in [-0.2, -0.15) is 0 Å². The van der Waals surface area contributed by atoms with Crippen LogP contribution in [0.4, 0.5) is 0 Å². The van der Waals surface area contributed by atoms with Gasteiger partial charge < -0.3 is 0 Å². The van der Waals surface area contributed by atoms with Gasteiger partial charge in [-0.1, -0.05) is 0 Å². The Kier molecular flexibility index (Phi) is 3.50. The average Bonchev–Trinajstić information content (AvgIpc) is 2.64. The van der Waals surface area contributed by atoms with Gasteiger partial charge in [0.1, 0.15) is 0 Å². The third-order valence-corrected chi connectivity index (χ3v) is 5.10. The predicted molar refractivity (Wildman–Crippen MR) is 66.7 cm³/mol. The number of aromatic nitrogens is 1. The summed E-state index contributed by atoms with van der Waals surface area (Å²) in [4.78, 5) is 23.3. The van der Waals surface area contributed by atoms with Gasteiger partial charge in [0.25, 0.3) is 0 Å². The maximum absolute atomic E-state index is 12.1. The van der Waals surface area contributed by atoms with Crippen molar-refractivity contribution in [3.05, 3.63) is 34.6 Å². The number of hydrogen-bond acceptors (Lipinski definition) is 2.